The second-order valence-corrected chi connectivity index (χ2v) is 6.77. The SMILES string of the molecule is Cc1cc(C(c2cc[nH+]cc2)c2cc(C)c(O)c(C)c2)cc(C)c1O.[Cl-]. The molecule has 0 radical (unpaired) electrons. The molecule has 0 unspecified atom stereocenters. The van der Waals surface area contributed by atoms with E-state index < -0.39 is 0 Å². The van der Waals surface area contributed by atoms with Crippen molar-refractivity contribution in [2.75, 3.05) is 0 Å². The summed E-state index contributed by atoms with van der Waals surface area (Å²) in [6, 6.07) is 12.3. The third-order valence-corrected chi connectivity index (χ3v) is 4.77. The molecule has 0 spiro atoms. The number of hydrogen-bond acceptors (Lipinski definition) is 2. The number of halogens is 1. The Morgan fingerprint density at radius 2 is 1.00 bits per heavy atom. The minimum absolute atomic E-state index is 0. The molecule has 0 aliphatic heterocycles. The van der Waals surface area contributed by atoms with Crippen LogP contribution in [0.3, 0.4) is 0 Å². The van der Waals surface area contributed by atoms with E-state index in [1.807, 2.05) is 64.4 Å². The van der Waals surface area contributed by atoms with Crippen molar-refractivity contribution in [3.05, 3.63) is 87.7 Å². The number of aryl methyl sites for hydroxylation is 4. The highest BCUT2D eigenvalue weighted by Crippen LogP contribution is 2.37. The quantitative estimate of drug-likeness (QED) is 0.731. The number of hydrogen-bond donors (Lipinski definition) is 2. The van der Waals surface area contributed by atoms with Crippen molar-refractivity contribution in [1.82, 2.24) is 0 Å². The first-order chi connectivity index (χ1) is 11.9. The molecule has 0 atom stereocenters. The molecule has 0 amide bonds. The summed E-state index contributed by atoms with van der Waals surface area (Å²) in [5.74, 6) is 0.731. The summed E-state index contributed by atoms with van der Waals surface area (Å²) in [4.78, 5) is 3.07. The van der Waals surface area contributed by atoms with E-state index in [0.717, 1.165) is 38.9 Å². The molecule has 26 heavy (non-hydrogen) atoms. The van der Waals surface area contributed by atoms with Gasteiger partial charge >= 0.3 is 0 Å². The Bertz CT molecular complexity index is 819. The standard InChI is InChI=1S/C22H23NO2.ClH/c1-13-9-18(10-14(2)21(13)24)20(17-5-7-23-8-6-17)19-11-15(3)22(25)16(4)12-19;/h5-12,20,24-25H,1-4H3;1H. The van der Waals surface area contributed by atoms with Crippen molar-refractivity contribution < 1.29 is 27.6 Å². The van der Waals surface area contributed by atoms with Crippen LogP contribution in [-0.4, -0.2) is 10.2 Å². The fourth-order valence-electron chi connectivity index (χ4n) is 3.48. The maximum atomic E-state index is 10.1. The molecule has 1 aromatic heterocycles. The average Bonchev–Trinajstić information content (AvgIpc) is 2.58. The average molecular weight is 370 g/mol. The van der Waals surface area contributed by atoms with Gasteiger partial charge in [0.25, 0.3) is 0 Å². The first-order valence-electron chi connectivity index (χ1n) is 8.44. The fraction of sp³-hybridized carbons (Fsp3) is 0.227. The molecule has 1 heterocycles. The van der Waals surface area contributed by atoms with E-state index in [0.29, 0.717) is 11.5 Å². The molecule has 2 aromatic carbocycles. The van der Waals surface area contributed by atoms with Crippen molar-refractivity contribution in [3.8, 4) is 11.5 Å². The number of aromatic amines is 1. The Morgan fingerprint density at radius 3 is 1.35 bits per heavy atom. The monoisotopic (exact) mass is 369 g/mol. The number of nitrogens with one attached hydrogen (secondary N) is 1. The van der Waals surface area contributed by atoms with Gasteiger partial charge in [-0.05, 0) is 66.6 Å². The Hall–Kier alpha value is -2.52. The number of pyridine rings is 1. The number of phenols is 2. The fourth-order valence-corrected chi connectivity index (χ4v) is 3.48. The van der Waals surface area contributed by atoms with Gasteiger partial charge in [0.2, 0.25) is 0 Å². The highest BCUT2D eigenvalue weighted by Gasteiger charge is 2.20. The Labute approximate surface area is 160 Å². The van der Waals surface area contributed by atoms with Gasteiger partial charge in [-0.15, -0.1) is 0 Å². The number of H-pyrrole nitrogens is 1. The van der Waals surface area contributed by atoms with Crippen molar-refractivity contribution in [2.45, 2.75) is 33.6 Å². The lowest BCUT2D eigenvalue weighted by Crippen LogP contribution is -3.00. The van der Waals surface area contributed by atoms with Crippen LogP contribution in [0.2, 0.25) is 0 Å². The first kappa shape index (κ1) is 19.8. The van der Waals surface area contributed by atoms with Gasteiger partial charge < -0.3 is 22.6 Å². The third kappa shape index (κ3) is 3.68. The lowest BCUT2D eigenvalue weighted by molar-refractivity contribution is -0.378. The molecule has 0 fully saturated rings. The van der Waals surface area contributed by atoms with Crippen LogP contribution in [0.1, 0.15) is 44.9 Å². The zero-order valence-corrected chi connectivity index (χ0v) is 16.2. The third-order valence-electron chi connectivity index (χ3n) is 4.77. The van der Waals surface area contributed by atoms with E-state index in [4.69, 9.17) is 0 Å². The highest BCUT2D eigenvalue weighted by atomic mass is 35.5. The maximum absolute atomic E-state index is 10.1. The van der Waals surface area contributed by atoms with Crippen LogP contribution in [0, 0.1) is 27.7 Å². The van der Waals surface area contributed by atoms with Crippen LogP contribution in [-0.2, 0) is 0 Å². The van der Waals surface area contributed by atoms with E-state index in [1.165, 1.54) is 0 Å². The smallest absolute Gasteiger partial charge is 0.167 e. The molecule has 0 saturated heterocycles. The second kappa shape index (κ2) is 7.79. The van der Waals surface area contributed by atoms with Gasteiger partial charge in [0.1, 0.15) is 11.5 Å². The summed E-state index contributed by atoms with van der Waals surface area (Å²) in [6.45, 7) is 7.70. The zero-order valence-electron chi connectivity index (χ0n) is 15.5. The number of phenolic OH excluding ortho intramolecular Hbond substituents is 2. The summed E-state index contributed by atoms with van der Waals surface area (Å²) >= 11 is 0. The zero-order chi connectivity index (χ0) is 18.1. The largest absolute Gasteiger partial charge is 1.00 e. The van der Waals surface area contributed by atoms with Crippen molar-refractivity contribution in [3.63, 3.8) is 0 Å². The van der Waals surface area contributed by atoms with E-state index >= 15 is 0 Å². The normalized spacial score (nSPS) is 10.7. The van der Waals surface area contributed by atoms with E-state index in [2.05, 4.69) is 17.1 Å². The van der Waals surface area contributed by atoms with Crippen molar-refractivity contribution in [2.24, 2.45) is 0 Å². The topological polar surface area (TPSA) is 54.6 Å². The number of benzene rings is 2. The van der Waals surface area contributed by atoms with Gasteiger partial charge in [-0.25, -0.2) is 4.98 Å². The lowest BCUT2D eigenvalue weighted by Gasteiger charge is -2.21. The lowest BCUT2D eigenvalue weighted by atomic mass is 9.83. The molecular weight excluding hydrogens is 346 g/mol. The van der Waals surface area contributed by atoms with E-state index in [-0.39, 0.29) is 18.3 Å². The molecule has 136 valence electrons. The van der Waals surface area contributed by atoms with Crippen LogP contribution in [0.4, 0.5) is 0 Å². The maximum Gasteiger partial charge on any atom is 0.167 e. The van der Waals surface area contributed by atoms with Gasteiger partial charge in [-0.2, -0.15) is 0 Å². The van der Waals surface area contributed by atoms with Gasteiger partial charge in [0, 0.05) is 18.1 Å². The molecule has 0 aliphatic carbocycles. The van der Waals surface area contributed by atoms with Crippen molar-refractivity contribution in [1.29, 1.82) is 0 Å². The highest BCUT2D eigenvalue weighted by molar-refractivity contribution is 5.52. The molecule has 4 heteroatoms. The summed E-state index contributed by atoms with van der Waals surface area (Å²) < 4.78 is 0. The Balaban J connectivity index is 0.00000243. The number of aromatic nitrogens is 1. The molecular formula is C22H24ClNO2. The minimum Gasteiger partial charge on any atom is -1.00 e. The second-order valence-electron chi connectivity index (χ2n) is 6.77. The molecule has 0 bridgehead atoms. The Kier molecular flexibility index (Phi) is 5.94. The van der Waals surface area contributed by atoms with Crippen LogP contribution in [0.5, 0.6) is 11.5 Å². The molecule has 3 nitrogen and oxygen atoms in total. The molecule has 0 aliphatic rings. The van der Waals surface area contributed by atoms with E-state index in [9.17, 15) is 10.2 Å². The summed E-state index contributed by atoms with van der Waals surface area (Å²) in [7, 11) is 0. The van der Waals surface area contributed by atoms with Gasteiger partial charge in [0.05, 0.1) is 0 Å². The minimum atomic E-state index is 0. The van der Waals surface area contributed by atoms with Gasteiger partial charge in [-0.3, -0.25) is 0 Å². The van der Waals surface area contributed by atoms with Crippen LogP contribution < -0.4 is 17.4 Å². The van der Waals surface area contributed by atoms with Crippen molar-refractivity contribution >= 4 is 0 Å². The molecule has 3 rings (SSSR count). The molecule has 3 N–H and O–H groups in total. The molecule has 3 aromatic rings. The van der Waals surface area contributed by atoms with Crippen LogP contribution >= 0.6 is 0 Å². The number of aromatic hydroxyl groups is 2. The summed E-state index contributed by atoms with van der Waals surface area (Å²) in [6.07, 6.45) is 3.84. The first-order valence-corrected chi connectivity index (χ1v) is 8.44. The predicted molar refractivity (Wildman–Crippen MR) is 99.1 cm³/mol. The Morgan fingerprint density at radius 1 is 0.654 bits per heavy atom. The number of rotatable bonds is 3. The van der Waals surface area contributed by atoms with Crippen LogP contribution in [0.15, 0.2) is 48.8 Å². The molecule has 0 saturated carbocycles. The van der Waals surface area contributed by atoms with Crippen LogP contribution in [0.25, 0.3) is 0 Å². The van der Waals surface area contributed by atoms with Gasteiger partial charge in [0.15, 0.2) is 12.4 Å². The summed E-state index contributed by atoms with van der Waals surface area (Å²) in [5.41, 5.74) is 6.90. The summed E-state index contributed by atoms with van der Waals surface area (Å²) in [5, 5.41) is 20.3. The predicted octanol–water partition coefficient (Wildman–Crippen LogP) is 1.33. The van der Waals surface area contributed by atoms with Gasteiger partial charge in [-0.1, -0.05) is 24.3 Å². The van der Waals surface area contributed by atoms with E-state index in [1.54, 1.807) is 0 Å².